The van der Waals surface area contributed by atoms with Crippen molar-refractivity contribution in [3.63, 3.8) is 0 Å². The molecular formula is C26H33N3O3. The molecule has 3 rings (SSSR count). The van der Waals surface area contributed by atoms with Crippen molar-refractivity contribution in [3.05, 3.63) is 71.3 Å². The van der Waals surface area contributed by atoms with Gasteiger partial charge >= 0.3 is 0 Å². The highest BCUT2D eigenvalue weighted by Gasteiger charge is 2.34. The van der Waals surface area contributed by atoms with E-state index in [1.54, 1.807) is 6.07 Å². The van der Waals surface area contributed by atoms with E-state index in [9.17, 15) is 14.4 Å². The lowest BCUT2D eigenvalue weighted by atomic mass is 9.88. The average Bonchev–Trinajstić information content (AvgIpc) is 2.82. The van der Waals surface area contributed by atoms with Gasteiger partial charge in [-0.3, -0.25) is 14.4 Å². The molecule has 2 atom stereocenters. The summed E-state index contributed by atoms with van der Waals surface area (Å²) in [5.41, 5.74) is 2.12. The molecular weight excluding hydrogens is 402 g/mol. The minimum atomic E-state index is -0.634. The summed E-state index contributed by atoms with van der Waals surface area (Å²) in [5.74, 6) is -0.426. The van der Waals surface area contributed by atoms with Crippen molar-refractivity contribution >= 4 is 17.7 Å². The fourth-order valence-corrected chi connectivity index (χ4v) is 4.08. The van der Waals surface area contributed by atoms with E-state index in [-0.39, 0.29) is 29.7 Å². The number of likely N-dealkylation sites (tertiary alicyclic amines) is 1. The third-order valence-electron chi connectivity index (χ3n) is 6.28. The van der Waals surface area contributed by atoms with Crippen LogP contribution in [0.25, 0.3) is 0 Å². The number of carbonyl (C=O) groups excluding carboxylic acids is 3. The second-order valence-corrected chi connectivity index (χ2v) is 8.58. The normalized spacial score (nSPS) is 16.2. The van der Waals surface area contributed by atoms with E-state index in [2.05, 4.69) is 10.6 Å². The molecule has 6 nitrogen and oxygen atoms in total. The topological polar surface area (TPSA) is 78.5 Å². The number of nitrogens with one attached hydrogen (secondary N) is 2. The van der Waals surface area contributed by atoms with E-state index in [1.165, 1.54) is 0 Å². The van der Waals surface area contributed by atoms with Gasteiger partial charge in [0.1, 0.15) is 6.04 Å². The second-order valence-electron chi connectivity index (χ2n) is 8.58. The number of nitrogens with zero attached hydrogens (tertiary/aromatic N) is 1. The number of rotatable bonds is 7. The maximum atomic E-state index is 13.1. The Morgan fingerprint density at radius 2 is 1.59 bits per heavy atom. The molecule has 2 unspecified atom stereocenters. The maximum Gasteiger partial charge on any atom is 0.253 e. The summed E-state index contributed by atoms with van der Waals surface area (Å²) < 4.78 is 0. The Kier molecular flexibility index (Phi) is 8.03. The van der Waals surface area contributed by atoms with Gasteiger partial charge in [0.2, 0.25) is 5.91 Å². The van der Waals surface area contributed by atoms with Gasteiger partial charge in [-0.25, -0.2) is 0 Å². The first-order valence-corrected chi connectivity index (χ1v) is 11.4. The summed E-state index contributed by atoms with van der Waals surface area (Å²) in [6.45, 7) is 6.98. The number of aryl methyl sites for hydroxylation is 1. The first-order chi connectivity index (χ1) is 15.4. The van der Waals surface area contributed by atoms with E-state index in [0.717, 1.165) is 12.0 Å². The van der Waals surface area contributed by atoms with E-state index in [0.29, 0.717) is 37.1 Å². The molecule has 0 spiro atoms. The lowest BCUT2D eigenvalue weighted by Crippen LogP contribution is -2.55. The van der Waals surface area contributed by atoms with Gasteiger partial charge in [-0.05, 0) is 62.8 Å². The van der Waals surface area contributed by atoms with Crippen LogP contribution in [0.4, 0.5) is 0 Å². The van der Waals surface area contributed by atoms with Gasteiger partial charge in [-0.15, -0.1) is 0 Å². The van der Waals surface area contributed by atoms with Crippen LogP contribution < -0.4 is 10.6 Å². The van der Waals surface area contributed by atoms with Crippen molar-refractivity contribution in [2.45, 2.75) is 52.1 Å². The Morgan fingerprint density at radius 3 is 2.22 bits per heavy atom. The summed E-state index contributed by atoms with van der Waals surface area (Å²) >= 11 is 0. The Bertz CT molecular complexity index is 936. The number of amides is 3. The minimum Gasteiger partial charge on any atom is -0.352 e. The number of piperidine rings is 1. The van der Waals surface area contributed by atoms with Crippen LogP contribution in [-0.2, 0) is 4.79 Å². The van der Waals surface area contributed by atoms with Crippen LogP contribution in [0.3, 0.4) is 0 Å². The van der Waals surface area contributed by atoms with Gasteiger partial charge in [-0.2, -0.15) is 0 Å². The van der Waals surface area contributed by atoms with E-state index in [1.807, 2.05) is 74.2 Å². The second kappa shape index (κ2) is 10.9. The molecule has 2 aromatic rings. The van der Waals surface area contributed by atoms with Crippen LogP contribution in [0, 0.1) is 12.8 Å². The Balaban J connectivity index is 1.71. The number of hydrogen-bond acceptors (Lipinski definition) is 3. The van der Waals surface area contributed by atoms with Gasteiger partial charge in [0.15, 0.2) is 0 Å². The zero-order valence-electron chi connectivity index (χ0n) is 19.1. The Morgan fingerprint density at radius 1 is 0.969 bits per heavy atom. The van der Waals surface area contributed by atoms with Gasteiger partial charge in [0.05, 0.1) is 0 Å². The van der Waals surface area contributed by atoms with Gasteiger partial charge in [-0.1, -0.05) is 43.3 Å². The largest absolute Gasteiger partial charge is 0.352 e. The number of benzene rings is 2. The Labute approximate surface area is 190 Å². The smallest absolute Gasteiger partial charge is 0.253 e. The molecule has 2 N–H and O–H groups in total. The first kappa shape index (κ1) is 23.5. The molecule has 3 amide bonds. The van der Waals surface area contributed by atoms with Crippen molar-refractivity contribution in [3.8, 4) is 0 Å². The van der Waals surface area contributed by atoms with Gasteiger partial charge in [0, 0.05) is 30.3 Å². The molecule has 1 aliphatic rings. The van der Waals surface area contributed by atoms with Gasteiger partial charge in [0.25, 0.3) is 11.8 Å². The quantitative estimate of drug-likeness (QED) is 0.698. The summed E-state index contributed by atoms with van der Waals surface area (Å²) in [7, 11) is 0. The summed E-state index contributed by atoms with van der Waals surface area (Å²) in [5, 5.41) is 6.02. The molecule has 6 heteroatoms. The average molecular weight is 436 g/mol. The maximum absolute atomic E-state index is 13.1. The van der Waals surface area contributed by atoms with Crippen LogP contribution in [0.1, 0.15) is 59.4 Å². The highest BCUT2D eigenvalue weighted by atomic mass is 16.2. The van der Waals surface area contributed by atoms with Gasteiger partial charge < -0.3 is 15.5 Å². The third-order valence-corrected chi connectivity index (χ3v) is 6.28. The third kappa shape index (κ3) is 5.75. The van der Waals surface area contributed by atoms with E-state index >= 15 is 0 Å². The molecule has 1 heterocycles. The molecule has 32 heavy (non-hydrogen) atoms. The lowest BCUT2D eigenvalue weighted by Gasteiger charge is -2.36. The summed E-state index contributed by atoms with van der Waals surface area (Å²) in [6.07, 6.45) is 2.13. The van der Waals surface area contributed by atoms with Crippen LogP contribution >= 0.6 is 0 Å². The highest BCUT2D eigenvalue weighted by Crippen LogP contribution is 2.23. The molecule has 170 valence electrons. The van der Waals surface area contributed by atoms with Crippen molar-refractivity contribution in [2.75, 3.05) is 13.1 Å². The zero-order chi connectivity index (χ0) is 23.1. The summed E-state index contributed by atoms with van der Waals surface area (Å²) in [6, 6.07) is 16.0. The molecule has 0 bridgehead atoms. The molecule has 0 aromatic heterocycles. The minimum absolute atomic E-state index is 0.00797. The van der Waals surface area contributed by atoms with Crippen molar-refractivity contribution in [2.24, 2.45) is 5.92 Å². The zero-order valence-corrected chi connectivity index (χ0v) is 19.1. The molecule has 1 saturated heterocycles. The molecule has 1 fully saturated rings. The standard InChI is InChI=1S/C26H33N3O3/c1-4-19(3)27-25(31)23(28-24(30)22-13-9-8-10-18(22)2)20-14-16-29(17-15-20)26(32)21-11-6-5-7-12-21/h5-13,19-20,23H,4,14-17H2,1-3H3,(H,27,31)(H,28,30). The molecule has 0 radical (unpaired) electrons. The highest BCUT2D eigenvalue weighted by molar-refractivity contribution is 5.98. The van der Waals surface area contributed by atoms with Crippen molar-refractivity contribution in [1.82, 2.24) is 15.5 Å². The van der Waals surface area contributed by atoms with Crippen LogP contribution in [-0.4, -0.2) is 47.8 Å². The molecule has 1 aliphatic heterocycles. The SMILES string of the molecule is CCC(C)NC(=O)C(NC(=O)c1ccccc1C)C1CCN(C(=O)c2ccccc2)CC1. The van der Waals surface area contributed by atoms with Crippen LogP contribution in [0.5, 0.6) is 0 Å². The van der Waals surface area contributed by atoms with E-state index < -0.39 is 6.04 Å². The van der Waals surface area contributed by atoms with Crippen molar-refractivity contribution in [1.29, 1.82) is 0 Å². The predicted molar refractivity (Wildman–Crippen MR) is 125 cm³/mol. The molecule has 0 saturated carbocycles. The van der Waals surface area contributed by atoms with Crippen molar-refractivity contribution < 1.29 is 14.4 Å². The van der Waals surface area contributed by atoms with Crippen LogP contribution in [0.15, 0.2) is 54.6 Å². The summed E-state index contributed by atoms with van der Waals surface area (Å²) in [4.78, 5) is 40.7. The lowest BCUT2D eigenvalue weighted by molar-refractivity contribution is -0.125. The monoisotopic (exact) mass is 435 g/mol. The van der Waals surface area contributed by atoms with E-state index in [4.69, 9.17) is 0 Å². The molecule has 0 aliphatic carbocycles. The Hall–Kier alpha value is -3.15. The fourth-order valence-electron chi connectivity index (χ4n) is 4.08. The first-order valence-electron chi connectivity index (χ1n) is 11.4. The number of hydrogen-bond donors (Lipinski definition) is 2. The fraction of sp³-hybridized carbons (Fsp3) is 0.423. The van der Waals surface area contributed by atoms with Crippen LogP contribution in [0.2, 0.25) is 0 Å². The predicted octanol–water partition coefficient (Wildman–Crippen LogP) is 3.56. The number of carbonyl (C=O) groups is 3. The molecule has 2 aromatic carbocycles.